The highest BCUT2D eigenvalue weighted by molar-refractivity contribution is 5.82. The molecule has 1 aliphatic carbocycles. The average Bonchev–Trinajstić information content (AvgIpc) is 2.14. The lowest BCUT2D eigenvalue weighted by atomic mass is 9.89. The molecule has 0 spiro atoms. The first-order valence-electron chi connectivity index (χ1n) is 5.28. The second kappa shape index (κ2) is 5.74. The molecule has 0 aromatic carbocycles. The highest BCUT2D eigenvalue weighted by Crippen LogP contribution is 2.23. The highest BCUT2D eigenvalue weighted by atomic mass is 16.5. The quantitative estimate of drug-likeness (QED) is 0.629. The molecule has 1 atom stereocenters. The Morgan fingerprint density at radius 1 is 1.73 bits per heavy atom. The van der Waals surface area contributed by atoms with Crippen molar-refractivity contribution in [3.63, 3.8) is 0 Å². The predicted molar refractivity (Wildman–Crippen MR) is 58.0 cm³/mol. The number of ether oxygens (including phenoxy) is 1. The van der Waals surface area contributed by atoms with E-state index in [1.807, 2.05) is 6.92 Å². The Labute approximate surface area is 90.5 Å². The first kappa shape index (κ1) is 12.0. The van der Waals surface area contributed by atoms with Crippen LogP contribution in [0.2, 0.25) is 0 Å². The van der Waals surface area contributed by atoms with Gasteiger partial charge in [0, 0.05) is 19.1 Å². The normalized spacial score (nSPS) is 26.2. The molecule has 0 radical (unpaired) electrons. The molecule has 15 heavy (non-hydrogen) atoms. The van der Waals surface area contributed by atoms with Crippen molar-refractivity contribution in [3.8, 4) is 12.3 Å². The number of hydrogen-bond donors (Lipinski definition) is 2. The molecule has 0 aromatic heterocycles. The maximum atomic E-state index is 11.4. The van der Waals surface area contributed by atoms with Gasteiger partial charge in [0.25, 0.3) is 0 Å². The Balaban J connectivity index is 2.16. The molecular formula is C11H18N2O2. The van der Waals surface area contributed by atoms with Gasteiger partial charge in [-0.1, -0.05) is 0 Å². The molecule has 84 valence electrons. The third-order valence-electron chi connectivity index (χ3n) is 2.52. The van der Waals surface area contributed by atoms with E-state index < -0.39 is 6.04 Å². The van der Waals surface area contributed by atoms with Crippen molar-refractivity contribution in [2.45, 2.75) is 44.4 Å². The smallest absolute Gasteiger partial charge is 0.238 e. The van der Waals surface area contributed by atoms with Gasteiger partial charge in [-0.05, 0) is 19.8 Å². The number of carbonyl (C=O) groups excluding carboxylic acids is 1. The van der Waals surface area contributed by atoms with E-state index in [2.05, 4.69) is 11.2 Å². The van der Waals surface area contributed by atoms with Crippen LogP contribution in [0.15, 0.2) is 0 Å². The summed E-state index contributed by atoms with van der Waals surface area (Å²) in [6.45, 7) is 2.69. The summed E-state index contributed by atoms with van der Waals surface area (Å²) in [6, 6.07) is -0.376. The zero-order chi connectivity index (χ0) is 11.3. The number of rotatable bonds is 5. The molecule has 4 heteroatoms. The molecule has 1 rings (SSSR count). The van der Waals surface area contributed by atoms with Crippen molar-refractivity contribution >= 4 is 5.91 Å². The number of nitrogens with one attached hydrogen (secondary N) is 1. The second-order valence-electron chi connectivity index (χ2n) is 3.77. The largest absolute Gasteiger partial charge is 0.378 e. The summed E-state index contributed by atoms with van der Waals surface area (Å²) >= 11 is 0. The number of amides is 1. The van der Waals surface area contributed by atoms with Crippen molar-refractivity contribution < 1.29 is 9.53 Å². The lowest BCUT2D eigenvalue weighted by Crippen LogP contribution is -2.52. The van der Waals surface area contributed by atoms with Crippen LogP contribution in [0.25, 0.3) is 0 Å². The van der Waals surface area contributed by atoms with Crippen LogP contribution in [0.5, 0.6) is 0 Å². The predicted octanol–water partition coefficient (Wildman–Crippen LogP) is 0.0207. The van der Waals surface area contributed by atoms with Crippen LogP contribution in [0.3, 0.4) is 0 Å². The van der Waals surface area contributed by atoms with E-state index in [4.69, 9.17) is 16.9 Å². The Bertz CT molecular complexity index is 254. The summed E-state index contributed by atoms with van der Waals surface area (Å²) < 4.78 is 5.38. The number of terminal acetylenes is 1. The van der Waals surface area contributed by atoms with Crippen LogP contribution >= 0.6 is 0 Å². The van der Waals surface area contributed by atoms with Gasteiger partial charge in [0.05, 0.1) is 12.1 Å². The molecule has 0 aromatic rings. The molecular weight excluding hydrogens is 192 g/mol. The minimum atomic E-state index is -0.582. The third kappa shape index (κ3) is 3.54. The van der Waals surface area contributed by atoms with Crippen LogP contribution < -0.4 is 11.1 Å². The standard InChI is InChI=1S/C11H18N2O2/c1-3-5-10(12)11(14)13-8-6-9(7-8)15-4-2/h1,8-10H,4-7,12H2,2H3,(H,13,14). The van der Waals surface area contributed by atoms with Gasteiger partial charge in [-0.2, -0.15) is 0 Å². The zero-order valence-corrected chi connectivity index (χ0v) is 9.03. The lowest BCUT2D eigenvalue weighted by molar-refractivity contribution is -0.124. The lowest BCUT2D eigenvalue weighted by Gasteiger charge is -2.35. The second-order valence-corrected chi connectivity index (χ2v) is 3.77. The SMILES string of the molecule is C#CCC(N)C(=O)NC1CC(OCC)C1. The fourth-order valence-corrected chi connectivity index (χ4v) is 1.58. The van der Waals surface area contributed by atoms with E-state index >= 15 is 0 Å². The van der Waals surface area contributed by atoms with E-state index in [1.54, 1.807) is 0 Å². The molecule has 1 saturated carbocycles. The van der Waals surface area contributed by atoms with Gasteiger partial charge >= 0.3 is 0 Å². The van der Waals surface area contributed by atoms with Crippen LogP contribution in [0.4, 0.5) is 0 Å². The van der Waals surface area contributed by atoms with Crippen molar-refractivity contribution in [1.29, 1.82) is 0 Å². The van der Waals surface area contributed by atoms with Gasteiger partial charge in [0.2, 0.25) is 5.91 Å². The molecule has 0 bridgehead atoms. The van der Waals surface area contributed by atoms with Gasteiger partial charge in [0.15, 0.2) is 0 Å². The summed E-state index contributed by atoms with van der Waals surface area (Å²) in [5, 5.41) is 2.85. The van der Waals surface area contributed by atoms with E-state index in [0.29, 0.717) is 6.10 Å². The van der Waals surface area contributed by atoms with Gasteiger partial charge in [-0.25, -0.2) is 0 Å². The molecule has 1 unspecified atom stereocenters. The van der Waals surface area contributed by atoms with Gasteiger partial charge in [-0.3, -0.25) is 4.79 Å². The number of carbonyl (C=O) groups is 1. The minimum absolute atomic E-state index is 0.159. The summed E-state index contributed by atoms with van der Waals surface area (Å²) in [6.07, 6.45) is 7.41. The maximum Gasteiger partial charge on any atom is 0.238 e. The van der Waals surface area contributed by atoms with E-state index in [9.17, 15) is 4.79 Å². The van der Waals surface area contributed by atoms with Crippen LogP contribution in [0, 0.1) is 12.3 Å². The van der Waals surface area contributed by atoms with E-state index in [0.717, 1.165) is 19.4 Å². The minimum Gasteiger partial charge on any atom is -0.378 e. The van der Waals surface area contributed by atoms with Crippen molar-refractivity contribution in [1.82, 2.24) is 5.32 Å². The first-order chi connectivity index (χ1) is 7.17. The molecule has 1 amide bonds. The average molecular weight is 210 g/mol. The summed E-state index contributed by atoms with van der Waals surface area (Å²) in [4.78, 5) is 11.4. The Kier molecular flexibility index (Phi) is 4.60. The summed E-state index contributed by atoms with van der Waals surface area (Å²) in [5.74, 6) is 2.22. The zero-order valence-electron chi connectivity index (χ0n) is 9.03. The van der Waals surface area contributed by atoms with Crippen molar-refractivity contribution in [3.05, 3.63) is 0 Å². The summed E-state index contributed by atoms with van der Waals surface area (Å²) in [7, 11) is 0. The molecule has 0 saturated heterocycles. The Morgan fingerprint density at radius 3 is 2.93 bits per heavy atom. The van der Waals surface area contributed by atoms with Crippen LogP contribution in [-0.2, 0) is 9.53 Å². The molecule has 0 aliphatic heterocycles. The number of hydrogen-bond acceptors (Lipinski definition) is 3. The van der Waals surface area contributed by atoms with Crippen molar-refractivity contribution in [2.24, 2.45) is 5.73 Å². The molecule has 0 heterocycles. The molecule has 1 aliphatic rings. The van der Waals surface area contributed by atoms with Gasteiger partial charge in [0.1, 0.15) is 0 Å². The first-order valence-corrected chi connectivity index (χ1v) is 5.28. The monoisotopic (exact) mass is 210 g/mol. The van der Waals surface area contributed by atoms with E-state index in [-0.39, 0.29) is 18.4 Å². The molecule has 3 N–H and O–H groups in total. The summed E-state index contributed by atoms with van der Waals surface area (Å²) in [5.41, 5.74) is 5.56. The Hall–Kier alpha value is -1.05. The molecule has 4 nitrogen and oxygen atoms in total. The van der Waals surface area contributed by atoms with Gasteiger partial charge < -0.3 is 15.8 Å². The Morgan fingerprint density at radius 2 is 2.40 bits per heavy atom. The van der Waals surface area contributed by atoms with Crippen LogP contribution in [0.1, 0.15) is 26.2 Å². The van der Waals surface area contributed by atoms with E-state index in [1.165, 1.54) is 0 Å². The van der Waals surface area contributed by atoms with Crippen molar-refractivity contribution in [2.75, 3.05) is 6.61 Å². The fraction of sp³-hybridized carbons (Fsp3) is 0.727. The highest BCUT2D eigenvalue weighted by Gasteiger charge is 2.31. The maximum absolute atomic E-state index is 11.4. The molecule has 1 fully saturated rings. The van der Waals surface area contributed by atoms with Crippen LogP contribution in [-0.4, -0.2) is 30.7 Å². The topological polar surface area (TPSA) is 64.4 Å². The van der Waals surface area contributed by atoms with Gasteiger partial charge in [-0.15, -0.1) is 12.3 Å². The number of nitrogens with two attached hydrogens (primary N) is 1. The third-order valence-corrected chi connectivity index (χ3v) is 2.52. The fourth-order valence-electron chi connectivity index (χ4n) is 1.58.